The number of carboxylic acid groups (broad SMARTS) is 1. The summed E-state index contributed by atoms with van der Waals surface area (Å²) in [7, 11) is 0. The van der Waals surface area contributed by atoms with Crippen LogP contribution in [0.3, 0.4) is 0 Å². The molecule has 1 aromatic heterocycles. The first-order chi connectivity index (χ1) is 9.47. The molecule has 0 saturated heterocycles. The number of aliphatic carboxylic acids is 1. The Labute approximate surface area is 118 Å². The van der Waals surface area contributed by atoms with Crippen molar-refractivity contribution in [3.05, 3.63) is 35.1 Å². The number of halogens is 1. The summed E-state index contributed by atoms with van der Waals surface area (Å²) in [5, 5.41) is 15.2. The second-order valence-corrected chi connectivity index (χ2v) is 4.24. The van der Waals surface area contributed by atoms with Gasteiger partial charge in [-0.2, -0.15) is 4.98 Å². The van der Waals surface area contributed by atoms with E-state index in [9.17, 15) is 9.59 Å². The summed E-state index contributed by atoms with van der Waals surface area (Å²) >= 11 is 5.84. The van der Waals surface area contributed by atoms with Crippen molar-refractivity contribution < 1.29 is 14.7 Å². The second-order valence-electron chi connectivity index (χ2n) is 3.81. The maximum Gasteiger partial charge on any atom is 0.323 e. The zero-order valence-electron chi connectivity index (χ0n) is 10.1. The van der Waals surface area contributed by atoms with Crippen LogP contribution in [-0.2, 0) is 4.79 Å². The number of hydrogen-bond acceptors (Lipinski definition) is 5. The van der Waals surface area contributed by atoms with Crippen LogP contribution in [0.1, 0.15) is 10.6 Å². The Morgan fingerprint density at radius 2 is 2.20 bits per heavy atom. The molecule has 0 aliphatic rings. The minimum atomic E-state index is -1.18. The van der Waals surface area contributed by atoms with Gasteiger partial charge in [-0.15, -0.1) is 5.10 Å². The number of hydrogen-bond donors (Lipinski definition) is 3. The molecule has 1 aromatic carbocycles. The predicted octanol–water partition coefficient (Wildman–Crippen LogP) is 0.772. The van der Waals surface area contributed by atoms with Crippen LogP contribution in [0.4, 0.5) is 11.6 Å². The zero-order chi connectivity index (χ0) is 14.7. The number of aromatic amines is 1. The molecule has 1 heterocycles. The molecule has 4 N–H and O–H groups in total. The number of carboxylic acids is 1. The number of H-pyrrole nitrogens is 1. The minimum Gasteiger partial charge on any atom is -0.480 e. The van der Waals surface area contributed by atoms with Crippen LogP contribution in [-0.4, -0.2) is 38.7 Å². The fraction of sp³-hybridized carbons (Fsp3) is 0.0909. The van der Waals surface area contributed by atoms with Crippen molar-refractivity contribution in [1.29, 1.82) is 0 Å². The van der Waals surface area contributed by atoms with Crippen molar-refractivity contribution in [2.75, 3.05) is 17.2 Å². The lowest BCUT2D eigenvalue weighted by Crippen LogP contribution is -2.36. The molecule has 0 aliphatic carbocycles. The fourth-order valence-electron chi connectivity index (χ4n) is 1.56. The summed E-state index contributed by atoms with van der Waals surface area (Å²) in [6, 6.07) is 6.25. The number of nitrogens with two attached hydrogens (primary N) is 1. The Morgan fingerprint density at radius 3 is 2.75 bits per heavy atom. The first-order valence-corrected chi connectivity index (χ1v) is 5.82. The summed E-state index contributed by atoms with van der Waals surface area (Å²) in [5.74, 6) is -2.09. The molecule has 104 valence electrons. The monoisotopic (exact) mass is 295 g/mol. The largest absolute Gasteiger partial charge is 0.480 e. The van der Waals surface area contributed by atoms with Crippen molar-refractivity contribution in [2.45, 2.75) is 0 Å². The number of rotatable bonds is 4. The average molecular weight is 296 g/mol. The molecule has 0 saturated carbocycles. The molecule has 0 spiro atoms. The van der Waals surface area contributed by atoms with E-state index in [0.29, 0.717) is 10.7 Å². The number of nitrogens with zero attached hydrogens (tertiary/aromatic N) is 3. The number of benzene rings is 1. The summed E-state index contributed by atoms with van der Waals surface area (Å²) in [4.78, 5) is 27.8. The van der Waals surface area contributed by atoms with E-state index in [1.165, 1.54) is 6.07 Å². The van der Waals surface area contributed by atoms with Crippen molar-refractivity contribution >= 4 is 35.1 Å². The van der Waals surface area contributed by atoms with Gasteiger partial charge in [-0.1, -0.05) is 17.7 Å². The summed E-state index contributed by atoms with van der Waals surface area (Å²) in [5.41, 5.74) is 5.65. The Morgan fingerprint density at radius 1 is 1.45 bits per heavy atom. The average Bonchev–Trinajstić information content (AvgIpc) is 2.81. The number of carbonyl (C=O) groups excluding carboxylic acids is 1. The van der Waals surface area contributed by atoms with Gasteiger partial charge < -0.3 is 10.8 Å². The highest BCUT2D eigenvalue weighted by atomic mass is 35.5. The molecule has 8 nitrogen and oxygen atoms in total. The van der Waals surface area contributed by atoms with Crippen LogP contribution in [0.25, 0.3) is 0 Å². The van der Waals surface area contributed by atoms with Crippen LogP contribution in [0.5, 0.6) is 0 Å². The van der Waals surface area contributed by atoms with Gasteiger partial charge in [-0.05, 0) is 18.2 Å². The third-order valence-corrected chi connectivity index (χ3v) is 2.60. The standard InChI is InChI=1S/C11H10ClN5O3/c12-6-2-1-3-7(4-6)17(5-8(18)19)10(20)9-14-11(13)16-15-9/h1-4H,5H2,(H,18,19)(H3,13,14,15,16). The molecule has 0 unspecified atom stereocenters. The summed E-state index contributed by atoms with van der Waals surface area (Å²) < 4.78 is 0. The molecule has 9 heteroatoms. The third kappa shape index (κ3) is 3.04. The molecule has 1 amide bonds. The highest BCUT2D eigenvalue weighted by molar-refractivity contribution is 6.31. The van der Waals surface area contributed by atoms with Crippen LogP contribution in [0, 0.1) is 0 Å². The number of anilines is 2. The highest BCUT2D eigenvalue weighted by Crippen LogP contribution is 2.20. The van der Waals surface area contributed by atoms with Crippen LogP contribution >= 0.6 is 11.6 Å². The Bertz CT molecular complexity index is 657. The van der Waals surface area contributed by atoms with Gasteiger partial charge in [0, 0.05) is 10.7 Å². The van der Waals surface area contributed by atoms with Gasteiger partial charge in [-0.3, -0.25) is 19.6 Å². The van der Waals surface area contributed by atoms with E-state index in [1.54, 1.807) is 18.2 Å². The number of nitrogens with one attached hydrogen (secondary N) is 1. The van der Waals surface area contributed by atoms with Crippen molar-refractivity contribution in [2.24, 2.45) is 0 Å². The maximum atomic E-state index is 12.2. The molecule has 0 radical (unpaired) electrons. The molecular formula is C11H10ClN5O3. The molecule has 0 fully saturated rings. The summed E-state index contributed by atoms with van der Waals surface area (Å²) in [6.07, 6.45) is 0. The van der Waals surface area contributed by atoms with Gasteiger partial charge in [0.25, 0.3) is 5.91 Å². The number of amides is 1. The van der Waals surface area contributed by atoms with E-state index in [2.05, 4.69) is 15.2 Å². The van der Waals surface area contributed by atoms with E-state index in [0.717, 1.165) is 4.90 Å². The molecule has 0 atom stereocenters. The first-order valence-electron chi connectivity index (χ1n) is 5.44. The quantitative estimate of drug-likeness (QED) is 0.765. The molecule has 20 heavy (non-hydrogen) atoms. The Balaban J connectivity index is 2.37. The van der Waals surface area contributed by atoms with Gasteiger partial charge in [0.1, 0.15) is 6.54 Å². The topological polar surface area (TPSA) is 125 Å². The number of carbonyl (C=O) groups is 2. The lowest BCUT2D eigenvalue weighted by molar-refractivity contribution is -0.135. The lowest BCUT2D eigenvalue weighted by atomic mass is 10.2. The highest BCUT2D eigenvalue weighted by Gasteiger charge is 2.23. The fourth-order valence-corrected chi connectivity index (χ4v) is 1.74. The van der Waals surface area contributed by atoms with E-state index >= 15 is 0 Å². The predicted molar refractivity (Wildman–Crippen MR) is 71.6 cm³/mol. The molecular weight excluding hydrogens is 286 g/mol. The van der Waals surface area contributed by atoms with Crippen molar-refractivity contribution in [3.63, 3.8) is 0 Å². The van der Waals surface area contributed by atoms with Crippen molar-refractivity contribution in [3.8, 4) is 0 Å². The second kappa shape index (κ2) is 5.57. The zero-order valence-corrected chi connectivity index (χ0v) is 10.8. The first kappa shape index (κ1) is 13.8. The van der Waals surface area contributed by atoms with E-state index < -0.39 is 18.4 Å². The smallest absolute Gasteiger partial charge is 0.323 e. The minimum absolute atomic E-state index is 0.102. The van der Waals surface area contributed by atoms with Gasteiger partial charge in [0.05, 0.1) is 0 Å². The van der Waals surface area contributed by atoms with Gasteiger partial charge >= 0.3 is 5.97 Å². The normalized spacial score (nSPS) is 10.2. The molecule has 2 aromatic rings. The number of nitrogen functional groups attached to an aromatic ring is 1. The van der Waals surface area contributed by atoms with Gasteiger partial charge in [0.2, 0.25) is 11.8 Å². The van der Waals surface area contributed by atoms with Gasteiger partial charge in [0.15, 0.2) is 0 Å². The summed E-state index contributed by atoms with van der Waals surface area (Å²) in [6.45, 7) is -0.542. The van der Waals surface area contributed by atoms with Crippen LogP contribution < -0.4 is 10.6 Å². The van der Waals surface area contributed by atoms with E-state index in [4.69, 9.17) is 22.4 Å². The van der Waals surface area contributed by atoms with E-state index in [-0.39, 0.29) is 11.8 Å². The van der Waals surface area contributed by atoms with Crippen LogP contribution in [0.15, 0.2) is 24.3 Å². The lowest BCUT2D eigenvalue weighted by Gasteiger charge is -2.19. The Kier molecular flexibility index (Phi) is 3.85. The maximum absolute atomic E-state index is 12.2. The van der Waals surface area contributed by atoms with Crippen LogP contribution in [0.2, 0.25) is 5.02 Å². The SMILES string of the molecule is Nc1n[nH]c(C(=O)N(CC(=O)O)c2cccc(Cl)c2)n1. The van der Waals surface area contributed by atoms with E-state index in [1.807, 2.05) is 0 Å². The van der Waals surface area contributed by atoms with Gasteiger partial charge in [-0.25, -0.2) is 0 Å². The molecule has 0 bridgehead atoms. The third-order valence-electron chi connectivity index (χ3n) is 2.36. The molecule has 2 rings (SSSR count). The number of aromatic nitrogens is 3. The molecule has 0 aliphatic heterocycles. The Hall–Kier alpha value is -2.61. The van der Waals surface area contributed by atoms with Crippen molar-refractivity contribution in [1.82, 2.24) is 15.2 Å².